The van der Waals surface area contributed by atoms with Crippen molar-refractivity contribution >= 4 is 35.3 Å². The zero-order valence-corrected chi connectivity index (χ0v) is 22.2. The SMILES string of the molecule is CNc1cc(Cl)cc(Cl)c1.N#Cc1cccc(C23CCC(N(C=O)CCN4CCC(O)C4)CC2C3)c1. The topological polar surface area (TPSA) is 79.6 Å². The number of fused-ring (bicyclic) bond motifs is 1. The largest absolute Gasteiger partial charge is 0.392 e. The van der Waals surface area contributed by atoms with Crippen LogP contribution in [0.25, 0.3) is 0 Å². The highest BCUT2D eigenvalue weighted by molar-refractivity contribution is 6.35. The monoisotopic (exact) mass is 528 g/mol. The van der Waals surface area contributed by atoms with E-state index in [0.29, 0.717) is 22.0 Å². The number of nitriles is 1. The molecule has 2 aromatic carbocycles. The number of carbonyl (C=O) groups excluding carboxylic acids is 1. The number of aliphatic hydroxyl groups is 1. The van der Waals surface area contributed by atoms with E-state index >= 15 is 0 Å². The summed E-state index contributed by atoms with van der Waals surface area (Å²) in [6.07, 6.45) is 6.05. The Bertz CT molecular complexity index is 1090. The minimum Gasteiger partial charge on any atom is -0.392 e. The van der Waals surface area contributed by atoms with Crippen LogP contribution < -0.4 is 5.32 Å². The Morgan fingerprint density at radius 1 is 1.25 bits per heavy atom. The normalized spacial score (nSPS) is 26.7. The number of hydrogen-bond acceptors (Lipinski definition) is 5. The van der Waals surface area contributed by atoms with Gasteiger partial charge in [-0.05, 0) is 79.3 Å². The van der Waals surface area contributed by atoms with Crippen molar-refractivity contribution in [2.75, 3.05) is 38.5 Å². The number of anilines is 1. The van der Waals surface area contributed by atoms with Crippen molar-refractivity contribution < 1.29 is 9.90 Å². The van der Waals surface area contributed by atoms with E-state index in [4.69, 9.17) is 28.5 Å². The number of β-amino-alcohol motifs (C(OH)–C–C–N with tert-alkyl or cyclic N) is 1. The molecule has 0 aromatic heterocycles. The summed E-state index contributed by atoms with van der Waals surface area (Å²) in [6.45, 7) is 3.27. The van der Waals surface area contributed by atoms with E-state index in [-0.39, 0.29) is 11.5 Å². The molecule has 1 aliphatic heterocycles. The Morgan fingerprint density at radius 3 is 2.64 bits per heavy atom. The fourth-order valence-corrected chi connectivity index (χ4v) is 6.38. The number of nitrogens with zero attached hydrogens (tertiary/aromatic N) is 3. The van der Waals surface area contributed by atoms with Crippen molar-refractivity contribution in [3.63, 3.8) is 0 Å². The molecule has 1 heterocycles. The fourth-order valence-electron chi connectivity index (χ4n) is 5.86. The molecule has 8 heteroatoms. The van der Waals surface area contributed by atoms with Crippen molar-refractivity contribution in [1.82, 2.24) is 9.80 Å². The number of amides is 1. The van der Waals surface area contributed by atoms with E-state index in [2.05, 4.69) is 28.4 Å². The minimum absolute atomic E-state index is 0.203. The highest BCUT2D eigenvalue weighted by atomic mass is 35.5. The summed E-state index contributed by atoms with van der Waals surface area (Å²) in [7, 11) is 1.82. The van der Waals surface area contributed by atoms with Crippen LogP contribution in [0.15, 0.2) is 42.5 Å². The van der Waals surface area contributed by atoms with E-state index < -0.39 is 0 Å². The molecule has 2 aliphatic carbocycles. The van der Waals surface area contributed by atoms with E-state index in [1.807, 2.05) is 36.2 Å². The number of halogens is 2. The summed E-state index contributed by atoms with van der Waals surface area (Å²) in [5.41, 5.74) is 3.23. The quantitative estimate of drug-likeness (QED) is 0.498. The lowest BCUT2D eigenvalue weighted by atomic mass is 9.80. The molecule has 5 rings (SSSR count). The standard InChI is InChI=1S/C21H27N3O2.C7H7Cl2N/c22-13-16-2-1-3-17(10-16)21-6-4-19(11-18(21)12-21)24(15-25)9-8-23-7-5-20(26)14-23;1-10-7-3-5(8)2-6(9)4-7/h1-3,10,15,18-20,26H,4-9,11-12,14H2;2-4,10H,1H3. The smallest absolute Gasteiger partial charge is 0.209 e. The molecular weight excluding hydrogens is 495 g/mol. The highest BCUT2D eigenvalue weighted by Crippen LogP contribution is 2.62. The molecule has 4 unspecified atom stereocenters. The summed E-state index contributed by atoms with van der Waals surface area (Å²) in [5, 5.41) is 23.0. The summed E-state index contributed by atoms with van der Waals surface area (Å²) in [4.78, 5) is 15.9. The van der Waals surface area contributed by atoms with Crippen molar-refractivity contribution in [3.8, 4) is 6.07 Å². The fraction of sp³-hybridized carbons (Fsp3) is 0.500. The summed E-state index contributed by atoms with van der Waals surface area (Å²) in [5.74, 6) is 0.631. The first kappa shape index (κ1) is 26.8. The second-order valence-electron chi connectivity index (χ2n) is 10.2. The number of nitrogens with one attached hydrogen (secondary N) is 1. The van der Waals surface area contributed by atoms with E-state index in [0.717, 1.165) is 69.5 Å². The molecular formula is C28H34Cl2N4O2. The molecule has 192 valence electrons. The molecule has 4 atom stereocenters. The van der Waals surface area contributed by atoms with Gasteiger partial charge in [-0.2, -0.15) is 5.26 Å². The van der Waals surface area contributed by atoms with Crippen molar-refractivity contribution in [1.29, 1.82) is 5.26 Å². The molecule has 2 aromatic rings. The number of rotatable bonds is 7. The summed E-state index contributed by atoms with van der Waals surface area (Å²) >= 11 is 11.4. The van der Waals surface area contributed by atoms with Gasteiger partial charge < -0.3 is 15.3 Å². The average Bonchev–Trinajstić information content (AvgIpc) is 3.49. The second kappa shape index (κ2) is 11.8. The maximum atomic E-state index is 11.6. The van der Waals surface area contributed by atoms with Gasteiger partial charge in [-0.1, -0.05) is 35.3 Å². The van der Waals surface area contributed by atoms with Crippen LogP contribution in [-0.4, -0.2) is 66.7 Å². The lowest BCUT2D eigenvalue weighted by molar-refractivity contribution is -0.121. The maximum absolute atomic E-state index is 11.6. The second-order valence-corrected chi connectivity index (χ2v) is 11.0. The lowest BCUT2D eigenvalue weighted by Gasteiger charge is -2.35. The van der Waals surface area contributed by atoms with Gasteiger partial charge in [0, 0.05) is 55.0 Å². The van der Waals surface area contributed by atoms with Crippen LogP contribution in [-0.2, 0) is 10.2 Å². The third kappa shape index (κ3) is 6.33. The Morgan fingerprint density at radius 2 is 2.03 bits per heavy atom. The molecule has 6 nitrogen and oxygen atoms in total. The van der Waals surface area contributed by atoms with Crippen molar-refractivity contribution in [2.24, 2.45) is 5.92 Å². The van der Waals surface area contributed by atoms with Gasteiger partial charge in [0.25, 0.3) is 0 Å². The number of likely N-dealkylation sites (tertiary alicyclic amines) is 1. The Hall–Kier alpha value is -2.30. The van der Waals surface area contributed by atoms with E-state index in [1.54, 1.807) is 6.07 Å². The van der Waals surface area contributed by atoms with Gasteiger partial charge in [0.1, 0.15) is 0 Å². The molecule has 36 heavy (non-hydrogen) atoms. The van der Waals surface area contributed by atoms with Gasteiger partial charge in [0.2, 0.25) is 6.41 Å². The van der Waals surface area contributed by atoms with E-state index in [9.17, 15) is 9.90 Å². The number of aliphatic hydroxyl groups excluding tert-OH is 1. The van der Waals surface area contributed by atoms with Crippen LogP contribution in [0.3, 0.4) is 0 Å². The van der Waals surface area contributed by atoms with Crippen molar-refractivity contribution in [3.05, 3.63) is 63.6 Å². The van der Waals surface area contributed by atoms with Gasteiger partial charge in [0.05, 0.1) is 17.7 Å². The van der Waals surface area contributed by atoms with Crippen molar-refractivity contribution in [2.45, 2.75) is 49.7 Å². The van der Waals surface area contributed by atoms with Gasteiger partial charge in [-0.3, -0.25) is 9.69 Å². The predicted molar refractivity (Wildman–Crippen MR) is 144 cm³/mol. The minimum atomic E-state index is -0.203. The third-order valence-electron chi connectivity index (χ3n) is 7.96. The first-order chi connectivity index (χ1) is 17.4. The Kier molecular flexibility index (Phi) is 8.79. The molecule has 3 fully saturated rings. The average molecular weight is 530 g/mol. The van der Waals surface area contributed by atoms with Gasteiger partial charge in [-0.15, -0.1) is 0 Å². The molecule has 0 spiro atoms. The van der Waals surface area contributed by atoms with Gasteiger partial charge in [0.15, 0.2) is 0 Å². The van der Waals surface area contributed by atoms with Crippen LogP contribution in [0.5, 0.6) is 0 Å². The molecule has 0 bridgehead atoms. The molecule has 3 aliphatic rings. The zero-order chi connectivity index (χ0) is 25.7. The molecule has 2 saturated carbocycles. The molecule has 1 amide bonds. The van der Waals surface area contributed by atoms with Gasteiger partial charge in [-0.25, -0.2) is 0 Å². The van der Waals surface area contributed by atoms with Crippen LogP contribution >= 0.6 is 23.2 Å². The summed E-state index contributed by atoms with van der Waals surface area (Å²) in [6, 6.07) is 16.0. The van der Waals surface area contributed by atoms with Crippen LogP contribution in [0, 0.1) is 17.2 Å². The lowest BCUT2D eigenvalue weighted by Crippen LogP contribution is -2.42. The number of hydrogen-bond donors (Lipinski definition) is 2. The van der Waals surface area contributed by atoms with Crippen LogP contribution in [0.4, 0.5) is 5.69 Å². The zero-order valence-electron chi connectivity index (χ0n) is 20.7. The van der Waals surface area contributed by atoms with E-state index in [1.165, 1.54) is 12.0 Å². The van der Waals surface area contributed by atoms with Crippen LogP contribution in [0.1, 0.15) is 43.2 Å². The Labute approximate surface area is 223 Å². The van der Waals surface area contributed by atoms with Gasteiger partial charge >= 0.3 is 0 Å². The molecule has 2 N–H and O–H groups in total. The first-order valence-electron chi connectivity index (χ1n) is 12.6. The number of benzene rings is 2. The third-order valence-corrected chi connectivity index (χ3v) is 8.39. The summed E-state index contributed by atoms with van der Waals surface area (Å²) < 4.78 is 0. The maximum Gasteiger partial charge on any atom is 0.209 e. The van der Waals surface area contributed by atoms with Crippen LogP contribution in [0.2, 0.25) is 10.0 Å². The molecule has 1 saturated heterocycles. The first-order valence-corrected chi connectivity index (χ1v) is 13.4. The number of carbonyl (C=O) groups is 1. The highest BCUT2D eigenvalue weighted by Gasteiger charge is 2.58. The Balaban J connectivity index is 0.000000256. The predicted octanol–water partition coefficient (Wildman–Crippen LogP) is 4.93. The molecule has 0 radical (unpaired) electrons.